The summed E-state index contributed by atoms with van der Waals surface area (Å²) in [5, 5.41) is 3.12. The first-order valence-electron chi connectivity index (χ1n) is 5.90. The van der Waals surface area contributed by atoms with Crippen molar-refractivity contribution in [3.05, 3.63) is 11.6 Å². The maximum atomic E-state index is 11.9. The molecule has 94 valence electrons. The molecule has 0 fully saturated rings. The van der Waals surface area contributed by atoms with Gasteiger partial charge in [-0.15, -0.1) is 0 Å². The second kappa shape index (κ2) is 6.37. The van der Waals surface area contributed by atoms with Gasteiger partial charge in [0.2, 0.25) is 10.0 Å². The monoisotopic (exact) mass is 246 g/mol. The van der Waals surface area contributed by atoms with Gasteiger partial charge in [0.1, 0.15) is 0 Å². The van der Waals surface area contributed by atoms with E-state index in [0.717, 1.165) is 19.4 Å². The molecule has 0 aromatic rings. The van der Waals surface area contributed by atoms with E-state index < -0.39 is 10.0 Å². The Kier molecular flexibility index (Phi) is 5.44. The minimum Gasteiger partial charge on any atom is -0.316 e. The van der Waals surface area contributed by atoms with Crippen LogP contribution in [0, 0.1) is 0 Å². The number of hydrogen-bond acceptors (Lipinski definition) is 3. The zero-order valence-electron chi connectivity index (χ0n) is 10.2. The Morgan fingerprint density at radius 2 is 2.19 bits per heavy atom. The summed E-state index contributed by atoms with van der Waals surface area (Å²) in [6.07, 6.45) is 3.90. The van der Waals surface area contributed by atoms with Crippen LogP contribution in [0.3, 0.4) is 0 Å². The highest BCUT2D eigenvalue weighted by molar-refractivity contribution is 7.89. The topological polar surface area (TPSA) is 49.4 Å². The molecule has 0 atom stereocenters. The number of nitrogens with one attached hydrogen (secondary N) is 1. The molecule has 5 heteroatoms. The van der Waals surface area contributed by atoms with Crippen LogP contribution < -0.4 is 5.32 Å². The highest BCUT2D eigenvalue weighted by Gasteiger charge is 2.22. The van der Waals surface area contributed by atoms with Gasteiger partial charge in [-0.05, 0) is 26.3 Å². The third kappa shape index (κ3) is 4.23. The van der Waals surface area contributed by atoms with Gasteiger partial charge in [0.05, 0.1) is 5.75 Å². The van der Waals surface area contributed by atoms with Gasteiger partial charge in [-0.3, -0.25) is 0 Å². The molecule has 0 aromatic heterocycles. The Hall–Kier alpha value is -0.390. The lowest BCUT2D eigenvalue weighted by atomic mass is 10.1. The molecule has 4 nitrogen and oxygen atoms in total. The summed E-state index contributed by atoms with van der Waals surface area (Å²) in [6, 6.07) is 0. The molecule has 0 aliphatic carbocycles. The van der Waals surface area contributed by atoms with Gasteiger partial charge >= 0.3 is 0 Å². The Bertz CT molecular complexity index is 336. The van der Waals surface area contributed by atoms with Crippen LogP contribution in [0.2, 0.25) is 0 Å². The quantitative estimate of drug-likeness (QED) is 0.561. The first-order chi connectivity index (χ1) is 7.56. The number of sulfonamides is 1. The van der Waals surface area contributed by atoms with E-state index in [4.69, 9.17) is 0 Å². The van der Waals surface area contributed by atoms with E-state index in [1.807, 2.05) is 13.0 Å². The van der Waals surface area contributed by atoms with Crippen molar-refractivity contribution in [2.75, 3.05) is 31.9 Å². The Balaban J connectivity index is 2.39. The molecular formula is C11H22N2O2S. The fraction of sp³-hybridized carbons (Fsp3) is 0.818. The van der Waals surface area contributed by atoms with Gasteiger partial charge in [0.15, 0.2) is 0 Å². The summed E-state index contributed by atoms with van der Waals surface area (Å²) in [4.78, 5) is 0. The van der Waals surface area contributed by atoms with Gasteiger partial charge in [0, 0.05) is 19.6 Å². The lowest BCUT2D eigenvalue weighted by Crippen LogP contribution is -2.38. The second-order valence-electron chi connectivity index (χ2n) is 4.22. The average Bonchev–Trinajstić information content (AvgIpc) is 2.25. The summed E-state index contributed by atoms with van der Waals surface area (Å²) in [7, 11) is -3.06. The Morgan fingerprint density at radius 1 is 1.44 bits per heavy atom. The number of hydrogen-bond donors (Lipinski definition) is 1. The molecule has 1 aliphatic rings. The molecule has 1 heterocycles. The molecule has 0 amide bonds. The highest BCUT2D eigenvalue weighted by atomic mass is 32.2. The molecular weight excluding hydrogens is 224 g/mol. The van der Waals surface area contributed by atoms with Crippen molar-refractivity contribution < 1.29 is 8.42 Å². The minimum atomic E-state index is -3.06. The van der Waals surface area contributed by atoms with Crippen LogP contribution in [-0.2, 0) is 10.0 Å². The van der Waals surface area contributed by atoms with Gasteiger partial charge in [-0.25, -0.2) is 8.42 Å². The summed E-state index contributed by atoms with van der Waals surface area (Å²) < 4.78 is 25.4. The minimum absolute atomic E-state index is 0.208. The standard InChI is InChI=1S/C11H22N2O2S/c1-3-6-12-7-10-16(14,15)13-8-4-11(2)5-9-13/h4,12H,3,5-10H2,1-2H3. The van der Waals surface area contributed by atoms with E-state index in [0.29, 0.717) is 19.6 Å². The van der Waals surface area contributed by atoms with Crippen LogP contribution in [-0.4, -0.2) is 44.7 Å². The van der Waals surface area contributed by atoms with Gasteiger partial charge in [-0.2, -0.15) is 4.31 Å². The zero-order chi connectivity index (χ0) is 12.0. The third-order valence-electron chi connectivity index (χ3n) is 2.76. The maximum Gasteiger partial charge on any atom is 0.215 e. The van der Waals surface area contributed by atoms with E-state index in [1.54, 1.807) is 4.31 Å². The van der Waals surface area contributed by atoms with Crippen molar-refractivity contribution in [3.63, 3.8) is 0 Å². The molecule has 1 N–H and O–H groups in total. The fourth-order valence-corrected chi connectivity index (χ4v) is 2.97. The van der Waals surface area contributed by atoms with Crippen molar-refractivity contribution in [1.29, 1.82) is 0 Å². The van der Waals surface area contributed by atoms with E-state index in [9.17, 15) is 8.42 Å². The van der Waals surface area contributed by atoms with Crippen LogP contribution in [0.15, 0.2) is 11.6 Å². The predicted molar refractivity (Wildman–Crippen MR) is 66.9 cm³/mol. The zero-order valence-corrected chi connectivity index (χ0v) is 11.0. The lowest BCUT2D eigenvalue weighted by molar-refractivity contribution is 0.430. The highest BCUT2D eigenvalue weighted by Crippen LogP contribution is 2.13. The normalized spacial score (nSPS) is 18.5. The summed E-state index contributed by atoms with van der Waals surface area (Å²) in [5.41, 5.74) is 1.29. The summed E-state index contributed by atoms with van der Waals surface area (Å²) in [5.74, 6) is 0.208. The molecule has 0 saturated heterocycles. The maximum absolute atomic E-state index is 11.9. The third-order valence-corrected chi connectivity index (χ3v) is 4.59. The van der Waals surface area contributed by atoms with Gasteiger partial charge in [0.25, 0.3) is 0 Å². The Labute approximate surface area is 98.8 Å². The van der Waals surface area contributed by atoms with Crippen molar-refractivity contribution in [2.24, 2.45) is 0 Å². The second-order valence-corrected chi connectivity index (χ2v) is 6.31. The van der Waals surface area contributed by atoms with Crippen molar-refractivity contribution in [3.8, 4) is 0 Å². The molecule has 0 radical (unpaired) electrons. The van der Waals surface area contributed by atoms with Crippen molar-refractivity contribution in [2.45, 2.75) is 26.7 Å². The van der Waals surface area contributed by atoms with Crippen LogP contribution in [0.25, 0.3) is 0 Å². The Morgan fingerprint density at radius 3 is 2.75 bits per heavy atom. The first kappa shape index (κ1) is 13.7. The predicted octanol–water partition coefficient (Wildman–Crippen LogP) is 0.968. The SMILES string of the molecule is CCCNCCS(=O)(=O)N1CC=C(C)CC1. The average molecular weight is 246 g/mol. The molecule has 0 unspecified atom stereocenters. The molecule has 16 heavy (non-hydrogen) atoms. The van der Waals surface area contributed by atoms with Crippen LogP contribution >= 0.6 is 0 Å². The molecule has 0 saturated carbocycles. The van der Waals surface area contributed by atoms with E-state index >= 15 is 0 Å². The number of rotatable bonds is 6. The molecule has 0 spiro atoms. The lowest BCUT2D eigenvalue weighted by Gasteiger charge is -2.24. The molecule has 0 bridgehead atoms. The molecule has 0 aromatic carbocycles. The number of nitrogens with zero attached hydrogens (tertiary/aromatic N) is 1. The summed E-state index contributed by atoms with van der Waals surface area (Å²) in [6.45, 7) is 6.73. The molecule has 1 rings (SSSR count). The smallest absolute Gasteiger partial charge is 0.215 e. The summed E-state index contributed by atoms with van der Waals surface area (Å²) >= 11 is 0. The largest absolute Gasteiger partial charge is 0.316 e. The van der Waals surface area contributed by atoms with Crippen LogP contribution in [0.4, 0.5) is 0 Å². The van der Waals surface area contributed by atoms with E-state index in [1.165, 1.54) is 5.57 Å². The molecule has 1 aliphatic heterocycles. The van der Waals surface area contributed by atoms with Crippen molar-refractivity contribution >= 4 is 10.0 Å². The van der Waals surface area contributed by atoms with E-state index in [2.05, 4.69) is 12.2 Å². The fourth-order valence-electron chi connectivity index (χ4n) is 1.64. The van der Waals surface area contributed by atoms with Gasteiger partial charge in [-0.1, -0.05) is 18.6 Å². The first-order valence-corrected chi connectivity index (χ1v) is 7.51. The van der Waals surface area contributed by atoms with Gasteiger partial charge < -0.3 is 5.32 Å². The van der Waals surface area contributed by atoms with Crippen molar-refractivity contribution in [1.82, 2.24) is 9.62 Å². The van der Waals surface area contributed by atoms with E-state index in [-0.39, 0.29) is 5.75 Å². The van der Waals surface area contributed by atoms with Crippen LogP contribution in [0.1, 0.15) is 26.7 Å². The van der Waals surface area contributed by atoms with Crippen LogP contribution in [0.5, 0.6) is 0 Å².